The fourth-order valence-electron chi connectivity index (χ4n) is 2.90. The summed E-state index contributed by atoms with van der Waals surface area (Å²) in [6, 6.07) is 7.38. The van der Waals surface area contributed by atoms with Gasteiger partial charge in [-0.3, -0.25) is 0 Å². The second-order valence-electron chi connectivity index (χ2n) is 5.48. The van der Waals surface area contributed by atoms with Crippen LogP contribution in [0.25, 0.3) is 0 Å². The van der Waals surface area contributed by atoms with Gasteiger partial charge in [0.2, 0.25) is 0 Å². The van der Waals surface area contributed by atoms with Gasteiger partial charge >= 0.3 is 0 Å². The van der Waals surface area contributed by atoms with Crippen LogP contribution in [0.15, 0.2) is 24.3 Å². The van der Waals surface area contributed by atoms with Crippen molar-refractivity contribution in [3.63, 3.8) is 0 Å². The van der Waals surface area contributed by atoms with Gasteiger partial charge in [-0.2, -0.15) is 0 Å². The van der Waals surface area contributed by atoms with Crippen LogP contribution in [-0.4, -0.2) is 48.6 Å². The average Bonchev–Trinajstić information content (AvgIpc) is 2.91. The van der Waals surface area contributed by atoms with E-state index in [1.54, 1.807) is 0 Å². The summed E-state index contributed by atoms with van der Waals surface area (Å²) in [6.45, 7) is 3.83. The molecule has 0 radical (unpaired) electrons. The SMILES string of the molecule is OC(CN1CCC2(CC1)OCCO2)c1ccc(Cl)cc1. The Hall–Kier alpha value is -0.650. The number of nitrogens with zero attached hydrogens (tertiary/aromatic N) is 1. The zero-order valence-corrected chi connectivity index (χ0v) is 12.2. The van der Waals surface area contributed by atoms with Crippen molar-refractivity contribution in [3.05, 3.63) is 34.9 Å². The maximum absolute atomic E-state index is 10.3. The highest BCUT2D eigenvalue weighted by Crippen LogP contribution is 2.31. The molecule has 3 rings (SSSR count). The molecular weight excluding hydrogens is 278 g/mol. The van der Waals surface area contributed by atoms with Gasteiger partial charge in [-0.1, -0.05) is 23.7 Å². The lowest BCUT2D eigenvalue weighted by Gasteiger charge is -2.38. The summed E-state index contributed by atoms with van der Waals surface area (Å²) < 4.78 is 11.4. The third kappa shape index (κ3) is 3.15. The van der Waals surface area contributed by atoms with E-state index in [4.69, 9.17) is 21.1 Å². The van der Waals surface area contributed by atoms with Crippen LogP contribution in [0.5, 0.6) is 0 Å². The van der Waals surface area contributed by atoms with Crippen molar-refractivity contribution in [1.82, 2.24) is 4.90 Å². The molecule has 0 bridgehead atoms. The standard InChI is InChI=1S/C15H20ClNO3/c16-13-3-1-12(2-4-13)14(18)11-17-7-5-15(6-8-17)19-9-10-20-15/h1-4,14,18H,5-11H2. The van der Waals surface area contributed by atoms with Crippen LogP contribution in [0.3, 0.4) is 0 Å². The predicted molar refractivity (Wildman–Crippen MR) is 76.7 cm³/mol. The maximum Gasteiger partial charge on any atom is 0.170 e. The Labute approximate surface area is 124 Å². The van der Waals surface area contributed by atoms with Gasteiger partial charge in [-0.05, 0) is 17.7 Å². The zero-order chi connectivity index (χ0) is 14.0. The third-order valence-electron chi connectivity index (χ3n) is 4.12. The molecule has 2 heterocycles. The minimum atomic E-state index is -0.480. The van der Waals surface area contributed by atoms with Gasteiger partial charge in [0.15, 0.2) is 5.79 Å². The Balaban J connectivity index is 1.52. The van der Waals surface area contributed by atoms with Crippen LogP contribution < -0.4 is 0 Å². The van der Waals surface area contributed by atoms with Crippen molar-refractivity contribution >= 4 is 11.6 Å². The first kappa shape index (κ1) is 14.3. The predicted octanol–water partition coefficient (Wildman–Crippen LogP) is 2.21. The summed E-state index contributed by atoms with van der Waals surface area (Å²) in [7, 11) is 0. The highest BCUT2D eigenvalue weighted by molar-refractivity contribution is 6.30. The molecule has 2 aliphatic heterocycles. The second kappa shape index (κ2) is 6.00. The van der Waals surface area contributed by atoms with E-state index >= 15 is 0 Å². The molecule has 1 spiro atoms. The Bertz CT molecular complexity index is 435. The van der Waals surface area contributed by atoms with Crippen molar-refractivity contribution in [2.75, 3.05) is 32.8 Å². The number of β-amino-alcohol motifs (C(OH)–C–C–N with tert-alkyl or cyclic N) is 1. The number of ether oxygens (including phenoxy) is 2. The summed E-state index contributed by atoms with van der Waals surface area (Å²) >= 11 is 5.86. The topological polar surface area (TPSA) is 41.9 Å². The summed E-state index contributed by atoms with van der Waals surface area (Å²) in [4.78, 5) is 2.26. The van der Waals surface area contributed by atoms with Crippen LogP contribution in [-0.2, 0) is 9.47 Å². The van der Waals surface area contributed by atoms with Crippen LogP contribution in [0, 0.1) is 0 Å². The van der Waals surface area contributed by atoms with E-state index in [2.05, 4.69) is 4.90 Å². The number of aliphatic hydroxyl groups excluding tert-OH is 1. The molecular formula is C15H20ClNO3. The van der Waals surface area contributed by atoms with Gasteiger partial charge < -0.3 is 19.5 Å². The van der Waals surface area contributed by atoms with E-state index in [0.29, 0.717) is 24.8 Å². The number of piperidine rings is 1. The van der Waals surface area contributed by atoms with Crippen molar-refractivity contribution in [2.45, 2.75) is 24.7 Å². The van der Waals surface area contributed by atoms with Gasteiger partial charge in [0, 0.05) is 37.5 Å². The molecule has 1 aromatic rings. The molecule has 110 valence electrons. The van der Waals surface area contributed by atoms with Crippen molar-refractivity contribution < 1.29 is 14.6 Å². The molecule has 2 aliphatic rings. The van der Waals surface area contributed by atoms with Crippen molar-refractivity contribution in [1.29, 1.82) is 0 Å². The molecule has 1 unspecified atom stereocenters. The van der Waals surface area contributed by atoms with Gasteiger partial charge in [0.05, 0.1) is 19.3 Å². The monoisotopic (exact) mass is 297 g/mol. The minimum Gasteiger partial charge on any atom is -0.387 e. The largest absolute Gasteiger partial charge is 0.387 e. The first-order valence-corrected chi connectivity index (χ1v) is 7.48. The molecule has 1 aromatic carbocycles. The van der Waals surface area contributed by atoms with Crippen molar-refractivity contribution in [3.8, 4) is 0 Å². The number of hydrogen-bond donors (Lipinski definition) is 1. The van der Waals surface area contributed by atoms with Crippen LogP contribution in [0.1, 0.15) is 24.5 Å². The molecule has 20 heavy (non-hydrogen) atoms. The summed E-state index contributed by atoms with van der Waals surface area (Å²) in [5, 5.41) is 11.0. The number of aliphatic hydroxyl groups is 1. The lowest BCUT2D eigenvalue weighted by Crippen LogP contribution is -2.46. The van der Waals surface area contributed by atoms with E-state index in [1.807, 2.05) is 24.3 Å². The van der Waals surface area contributed by atoms with E-state index in [0.717, 1.165) is 31.5 Å². The van der Waals surface area contributed by atoms with Crippen LogP contribution >= 0.6 is 11.6 Å². The summed E-state index contributed by atoms with van der Waals surface area (Å²) in [5.41, 5.74) is 0.906. The average molecular weight is 298 g/mol. The van der Waals surface area contributed by atoms with E-state index in [1.165, 1.54) is 0 Å². The molecule has 1 N–H and O–H groups in total. The Morgan fingerprint density at radius 2 is 1.75 bits per heavy atom. The molecule has 2 saturated heterocycles. The van der Waals surface area contributed by atoms with Crippen LogP contribution in [0.4, 0.5) is 0 Å². The lowest BCUT2D eigenvalue weighted by molar-refractivity contribution is -0.186. The summed E-state index contributed by atoms with van der Waals surface area (Å²) in [5.74, 6) is -0.346. The Kier molecular flexibility index (Phi) is 4.29. The Morgan fingerprint density at radius 3 is 2.35 bits per heavy atom. The summed E-state index contributed by atoms with van der Waals surface area (Å²) in [6.07, 6.45) is 1.27. The zero-order valence-electron chi connectivity index (χ0n) is 11.4. The molecule has 0 saturated carbocycles. The number of halogens is 1. The first-order chi connectivity index (χ1) is 9.67. The number of likely N-dealkylation sites (tertiary alicyclic amines) is 1. The molecule has 2 fully saturated rings. The van der Waals surface area contributed by atoms with E-state index in [-0.39, 0.29) is 5.79 Å². The molecule has 4 nitrogen and oxygen atoms in total. The van der Waals surface area contributed by atoms with Crippen LogP contribution in [0.2, 0.25) is 5.02 Å². The first-order valence-electron chi connectivity index (χ1n) is 7.11. The van der Waals surface area contributed by atoms with Gasteiger partial charge in [-0.15, -0.1) is 0 Å². The third-order valence-corrected chi connectivity index (χ3v) is 4.37. The lowest BCUT2D eigenvalue weighted by atomic mass is 10.0. The normalized spacial score (nSPS) is 24.1. The molecule has 0 amide bonds. The van der Waals surface area contributed by atoms with Gasteiger partial charge in [0.1, 0.15) is 0 Å². The Morgan fingerprint density at radius 1 is 1.15 bits per heavy atom. The minimum absolute atomic E-state index is 0.346. The highest BCUT2D eigenvalue weighted by Gasteiger charge is 2.39. The van der Waals surface area contributed by atoms with Gasteiger partial charge in [-0.25, -0.2) is 0 Å². The number of benzene rings is 1. The maximum atomic E-state index is 10.3. The molecule has 0 aliphatic carbocycles. The molecule has 0 aromatic heterocycles. The number of hydrogen-bond acceptors (Lipinski definition) is 4. The smallest absolute Gasteiger partial charge is 0.170 e. The highest BCUT2D eigenvalue weighted by atomic mass is 35.5. The van der Waals surface area contributed by atoms with E-state index in [9.17, 15) is 5.11 Å². The fourth-order valence-corrected chi connectivity index (χ4v) is 3.02. The van der Waals surface area contributed by atoms with E-state index < -0.39 is 6.10 Å². The molecule has 5 heteroatoms. The van der Waals surface area contributed by atoms with Gasteiger partial charge in [0.25, 0.3) is 0 Å². The molecule has 1 atom stereocenters. The second-order valence-corrected chi connectivity index (χ2v) is 5.91. The quantitative estimate of drug-likeness (QED) is 0.929. The van der Waals surface area contributed by atoms with Crippen molar-refractivity contribution in [2.24, 2.45) is 0 Å². The fraction of sp³-hybridized carbons (Fsp3) is 0.600. The number of rotatable bonds is 3.